The first-order chi connectivity index (χ1) is 9.56. The fourth-order valence-corrected chi connectivity index (χ4v) is 2.43. The third-order valence-corrected chi connectivity index (χ3v) is 3.37. The second-order valence-electron chi connectivity index (χ2n) is 5.14. The number of hydrogen-bond donors (Lipinski definition) is 1. The topological polar surface area (TPSA) is 59.0 Å². The van der Waals surface area contributed by atoms with Gasteiger partial charge < -0.3 is 14.6 Å². The Labute approximate surface area is 119 Å². The number of ether oxygens (including phenoxy) is 2. The van der Waals surface area contributed by atoms with Crippen LogP contribution in [0.5, 0.6) is 5.75 Å². The zero-order valence-electron chi connectivity index (χ0n) is 12.0. The Morgan fingerprint density at radius 1 is 1.40 bits per heavy atom. The van der Waals surface area contributed by atoms with Crippen molar-refractivity contribution in [1.82, 2.24) is 4.90 Å². The molecule has 0 aromatic heterocycles. The highest BCUT2D eigenvalue weighted by atomic mass is 16.5. The van der Waals surface area contributed by atoms with Gasteiger partial charge in [0.1, 0.15) is 18.4 Å². The number of aliphatic carboxylic acids is 1. The van der Waals surface area contributed by atoms with Gasteiger partial charge in [-0.05, 0) is 37.1 Å². The molecule has 0 bridgehead atoms. The summed E-state index contributed by atoms with van der Waals surface area (Å²) in [7, 11) is 0. The van der Waals surface area contributed by atoms with E-state index in [1.54, 1.807) is 0 Å². The van der Waals surface area contributed by atoms with Crippen LogP contribution in [0, 0.1) is 13.8 Å². The smallest absolute Gasteiger partial charge is 0.323 e. The van der Waals surface area contributed by atoms with Crippen LogP contribution >= 0.6 is 0 Å². The van der Waals surface area contributed by atoms with E-state index in [0.717, 1.165) is 16.9 Å². The van der Waals surface area contributed by atoms with Crippen molar-refractivity contribution in [2.24, 2.45) is 0 Å². The minimum atomic E-state index is -0.837. The van der Waals surface area contributed by atoms with E-state index in [0.29, 0.717) is 26.3 Å². The molecule has 0 spiro atoms. The lowest BCUT2D eigenvalue weighted by molar-refractivity contribution is -0.149. The molecular formula is C15H21NO4. The van der Waals surface area contributed by atoms with Crippen LogP contribution in [0.4, 0.5) is 0 Å². The molecule has 0 radical (unpaired) electrons. The average molecular weight is 279 g/mol. The summed E-state index contributed by atoms with van der Waals surface area (Å²) in [6.07, 6.45) is 0. The summed E-state index contributed by atoms with van der Waals surface area (Å²) in [5.41, 5.74) is 2.32. The zero-order valence-corrected chi connectivity index (χ0v) is 12.0. The van der Waals surface area contributed by atoms with Crippen molar-refractivity contribution in [1.29, 1.82) is 0 Å². The number of morpholine rings is 1. The summed E-state index contributed by atoms with van der Waals surface area (Å²) in [6, 6.07) is 5.50. The van der Waals surface area contributed by atoms with Crippen LogP contribution in [0.3, 0.4) is 0 Å². The van der Waals surface area contributed by atoms with Crippen molar-refractivity contribution in [2.45, 2.75) is 19.9 Å². The van der Waals surface area contributed by atoms with Gasteiger partial charge in [-0.15, -0.1) is 0 Å². The predicted molar refractivity (Wildman–Crippen MR) is 75.2 cm³/mol. The van der Waals surface area contributed by atoms with E-state index in [1.165, 1.54) is 0 Å². The first-order valence-electron chi connectivity index (χ1n) is 6.82. The maximum Gasteiger partial charge on any atom is 0.323 e. The molecule has 1 heterocycles. The van der Waals surface area contributed by atoms with Crippen LogP contribution in [0.1, 0.15) is 11.1 Å². The molecule has 1 fully saturated rings. The zero-order chi connectivity index (χ0) is 14.5. The Morgan fingerprint density at radius 2 is 2.10 bits per heavy atom. The quantitative estimate of drug-likeness (QED) is 0.884. The maximum atomic E-state index is 11.1. The molecule has 1 atom stereocenters. The number of carboxylic acids is 1. The van der Waals surface area contributed by atoms with Gasteiger partial charge in [0.05, 0.1) is 13.2 Å². The van der Waals surface area contributed by atoms with Gasteiger partial charge in [-0.2, -0.15) is 0 Å². The molecule has 0 aliphatic carbocycles. The molecule has 0 amide bonds. The number of carbonyl (C=O) groups is 1. The molecule has 1 N–H and O–H groups in total. The standard InChI is InChI=1S/C15H21NO4/c1-11-7-12(2)9-13(8-11)20-6-4-16-3-5-19-10-14(16)15(17)18/h7-9,14H,3-6,10H2,1-2H3,(H,17,18). The summed E-state index contributed by atoms with van der Waals surface area (Å²) < 4.78 is 10.9. The molecule has 5 heteroatoms. The fraction of sp³-hybridized carbons (Fsp3) is 0.533. The van der Waals surface area contributed by atoms with E-state index >= 15 is 0 Å². The van der Waals surface area contributed by atoms with Gasteiger partial charge in [-0.1, -0.05) is 6.07 Å². The molecule has 20 heavy (non-hydrogen) atoms. The van der Waals surface area contributed by atoms with Crippen molar-refractivity contribution in [2.75, 3.05) is 32.9 Å². The highest BCUT2D eigenvalue weighted by molar-refractivity contribution is 5.73. The highest BCUT2D eigenvalue weighted by Gasteiger charge is 2.28. The van der Waals surface area contributed by atoms with Gasteiger partial charge in [0.25, 0.3) is 0 Å². The van der Waals surface area contributed by atoms with Gasteiger partial charge in [0.2, 0.25) is 0 Å². The fourth-order valence-electron chi connectivity index (χ4n) is 2.43. The van der Waals surface area contributed by atoms with E-state index in [1.807, 2.05) is 30.9 Å². The second-order valence-corrected chi connectivity index (χ2v) is 5.14. The summed E-state index contributed by atoms with van der Waals surface area (Å²) in [6.45, 7) is 6.59. The van der Waals surface area contributed by atoms with Gasteiger partial charge >= 0.3 is 5.97 Å². The summed E-state index contributed by atoms with van der Waals surface area (Å²) >= 11 is 0. The monoisotopic (exact) mass is 279 g/mol. The molecule has 0 saturated carbocycles. The van der Waals surface area contributed by atoms with Crippen molar-refractivity contribution in [3.63, 3.8) is 0 Å². The highest BCUT2D eigenvalue weighted by Crippen LogP contribution is 2.16. The Bertz CT molecular complexity index is 455. The van der Waals surface area contributed by atoms with Crippen molar-refractivity contribution in [3.8, 4) is 5.75 Å². The minimum Gasteiger partial charge on any atom is -0.492 e. The summed E-state index contributed by atoms with van der Waals surface area (Å²) in [4.78, 5) is 13.0. The maximum absolute atomic E-state index is 11.1. The van der Waals surface area contributed by atoms with Crippen LogP contribution in [-0.4, -0.2) is 54.9 Å². The third-order valence-electron chi connectivity index (χ3n) is 3.37. The van der Waals surface area contributed by atoms with Crippen LogP contribution in [0.2, 0.25) is 0 Å². The molecular weight excluding hydrogens is 258 g/mol. The third kappa shape index (κ3) is 3.95. The van der Waals surface area contributed by atoms with Gasteiger partial charge in [-0.25, -0.2) is 0 Å². The average Bonchev–Trinajstić information content (AvgIpc) is 2.38. The SMILES string of the molecule is Cc1cc(C)cc(OCCN2CCOCC2C(=O)O)c1. The largest absolute Gasteiger partial charge is 0.492 e. The van der Waals surface area contributed by atoms with Crippen molar-refractivity contribution >= 4 is 5.97 Å². The Kier molecular flexibility index (Phi) is 4.98. The van der Waals surface area contributed by atoms with E-state index < -0.39 is 12.0 Å². The van der Waals surface area contributed by atoms with Gasteiger partial charge in [-0.3, -0.25) is 9.69 Å². The van der Waals surface area contributed by atoms with E-state index in [-0.39, 0.29) is 6.61 Å². The Hall–Kier alpha value is -1.59. The molecule has 1 aromatic carbocycles. The van der Waals surface area contributed by atoms with Crippen molar-refractivity contribution in [3.05, 3.63) is 29.3 Å². The van der Waals surface area contributed by atoms with Gasteiger partial charge in [0, 0.05) is 13.1 Å². The number of benzene rings is 1. The molecule has 1 aromatic rings. The molecule has 2 rings (SSSR count). The number of aryl methyl sites for hydroxylation is 2. The van der Waals surface area contributed by atoms with E-state index in [9.17, 15) is 4.79 Å². The number of nitrogens with zero attached hydrogens (tertiary/aromatic N) is 1. The van der Waals surface area contributed by atoms with Crippen LogP contribution < -0.4 is 4.74 Å². The van der Waals surface area contributed by atoms with E-state index in [4.69, 9.17) is 14.6 Å². The van der Waals surface area contributed by atoms with E-state index in [2.05, 4.69) is 6.07 Å². The Morgan fingerprint density at radius 3 is 2.75 bits per heavy atom. The lowest BCUT2D eigenvalue weighted by atomic mass is 10.1. The van der Waals surface area contributed by atoms with Gasteiger partial charge in [0.15, 0.2) is 0 Å². The molecule has 1 aliphatic rings. The normalized spacial score (nSPS) is 19.8. The predicted octanol–water partition coefficient (Wildman–Crippen LogP) is 1.47. The Balaban J connectivity index is 1.86. The summed E-state index contributed by atoms with van der Waals surface area (Å²) in [5.74, 6) is -0.00117. The molecule has 110 valence electrons. The number of rotatable bonds is 5. The molecule has 5 nitrogen and oxygen atoms in total. The van der Waals surface area contributed by atoms with Crippen LogP contribution in [0.25, 0.3) is 0 Å². The second kappa shape index (κ2) is 6.72. The minimum absolute atomic E-state index is 0.249. The molecule has 1 aliphatic heterocycles. The molecule has 1 unspecified atom stereocenters. The number of carboxylic acid groups (broad SMARTS) is 1. The van der Waals surface area contributed by atoms with Crippen LogP contribution in [0.15, 0.2) is 18.2 Å². The van der Waals surface area contributed by atoms with Crippen molar-refractivity contribution < 1.29 is 19.4 Å². The first-order valence-corrected chi connectivity index (χ1v) is 6.82. The van der Waals surface area contributed by atoms with Crippen LogP contribution in [-0.2, 0) is 9.53 Å². The first kappa shape index (κ1) is 14.8. The summed E-state index contributed by atoms with van der Waals surface area (Å²) in [5, 5.41) is 9.14. The lowest BCUT2D eigenvalue weighted by Gasteiger charge is -2.32. The lowest BCUT2D eigenvalue weighted by Crippen LogP contribution is -2.51. The number of hydrogen-bond acceptors (Lipinski definition) is 4. The molecule has 1 saturated heterocycles.